The molecule has 0 unspecified atom stereocenters. The maximum atomic E-state index is 13.4. The van der Waals surface area contributed by atoms with Crippen LogP contribution < -0.4 is 10.9 Å². The summed E-state index contributed by atoms with van der Waals surface area (Å²) in [7, 11) is 0. The van der Waals surface area contributed by atoms with E-state index >= 15 is 0 Å². The number of hydrogen-bond acceptors (Lipinski definition) is 4. The molecule has 0 aliphatic heterocycles. The number of rotatable bonds is 5. The van der Waals surface area contributed by atoms with Gasteiger partial charge in [-0.1, -0.05) is 60.1 Å². The van der Waals surface area contributed by atoms with Crippen LogP contribution in [0.1, 0.15) is 27.7 Å². The second-order valence-electron chi connectivity index (χ2n) is 7.44. The van der Waals surface area contributed by atoms with E-state index < -0.39 is 40.9 Å². The first-order chi connectivity index (χ1) is 16.6. The highest BCUT2D eigenvalue weighted by Gasteiger charge is 2.32. The fourth-order valence-corrected chi connectivity index (χ4v) is 3.74. The van der Waals surface area contributed by atoms with Crippen molar-refractivity contribution in [1.82, 2.24) is 9.78 Å². The molecule has 3 aromatic carbocycles. The van der Waals surface area contributed by atoms with Crippen LogP contribution in [-0.4, -0.2) is 26.8 Å². The number of aromatic nitrogens is 2. The number of halogens is 4. The van der Waals surface area contributed by atoms with Gasteiger partial charge in [-0.3, -0.25) is 9.59 Å². The van der Waals surface area contributed by atoms with Crippen LogP contribution in [0.15, 0.2) is 77.6 Å². The number of nitrogens with zero attached hydrogens (tertiary/aromatic N) is 2. The molecule has 178 valence electrons. The molecule has 0 saturated heterocycles. The van der Waals surface area contributed by atoms with Crippen molar-refractivity contribution in [1.29, 1.82) is 0 Å². The van der Waals surface area contributed by atoms with Crippen molar-refractivity contribution in [2.45, 2.75) is 12.2 Å². The molecular formula is C24H15ClF3N3O4. The van der Waals surface area contributed by atoms with Crippen LogP contribution in [0.5, 0.6) is 0 Å². The van der Waals surface area contributed by atoms with Crippen molar-refractivity contribution in [3.8, 4) is 0 Å². The Balaban J connectivity index is 1.89. The fourth-order valence-electron chi connectivity index (χ4n) is 3.58. The van der Waals surface area contributed by atoms with Crippen LogP contribution in [0.3, 0.4) is 0 Å². The molecule has 1 heterocycles. The van der Waals surface area contributed by atoms with E-state index in [1.807, 2.05) is 0 Å². The first-order valence-corrected chi connectivity index (χ1v) is 10.4. The van der Waals surface area contributed by atoms with Crippen molar-refractivity contribution < 1.29 is 27.9 Å². The number of benzene rings is 3. The van der Waals surface area contributed by atoms with Gasteiger partial charge in [-0.15, -0.1) is 0 Å². The molecule has 1 amide bonds. The smallest absolute Gasteiger partial charge is 0.416 e. The highest BCUT2D eigenvalue weighted by Crippen LogP contribution is 2.34. The SMILES string of the molecule is O=C(O)c1nn([C@@H](C(=O)Nc2cc(C(F)(F)F)ccc2Cl)c2ccccc2)c(=O)c2ccccc12. The number of carboxylic acid groups (broad SMARTS) is 1. The molecule has 0 saturated carbocycles. The van der Waals surface area contributed by atoms with E-state index in [-0.39, 0.29) is 27.0 Å². The largest absolute Gasteiger partial charge is 0.476 e. The number of alkyl halides is 3. The zero-order valence-electron chi connectivity index (χ0n) is 17.6. The quantitative estimate of drug-likeness (QED) is 0.401. The molecule has 0 spiro atoms. The lowest BCUT2D eigenvalue weighted by molar-refractivity contribution is -0.137. The summed E-state index contributed by atoms with van der Waals surface area (Å²) in [5.74, 6) is -2.37. The van der Waals surface area contributed by atoms with Gasteiger partial charge in [0.1, 0.15) is 0 Å². The number of carboxylic acids is 1. The van der Waals surface area contributed by atoms with Crippen LogP contribution in [0.25, 0.3) is 10.8 Å². The molecule has 11 heteroatoms. The average molecular weight is 502 g/mol. The van der Waals surface area contributed by atoms with Gasteiger partial charge < -0.3 is 10.4 Å². The van der Waals surface area contributed by atoms with E-state index in [1.54, 1.807) is 18.2 Å². The zero-order chi connectivity index (χ0) is 25.3. The number of aromatic carboxylic acids is 1. The number of nitrogens with one attached hydrogen (secondary N) is 1. The third-order valence-corrected chi connectivity index (χ3v) is 5.52. The minimum atomic E-state index is -4.68. The monoisotopic (exact) mass is 501 g/mol. The lowest BCUT2D eigenvalue weighted by atomic mass is 10.0. The second kappa shape index (κ2) is 9.22. The predicted molar refractivity (Wildman–Crippen MR) is 123 cm³/mol. The maximum absolute atomic E-state index is 13.4. The number of amides is 1. The normalized spacial score (nSPS) is 12.3. The van der Waals surface area contributed by atoms with Crippen molar-refractivity contribution >= 4 is 39.9 Å². The summed E-state index contributed by atoms with van der Waals surface area (Å²) in [4.78, 5) is 38.6. The van der Waals surface area contributed by atoms with Crippen molar-refractivity contribution in [3.05, 3.63) is 105 Å². The standard InChI is InChI=1S/C24H15ClF3N3O4/c25-17-11-10-14(24(26,27)28)12-18(17)29-21(32)20(13-6-2-1-3-7-13)31-22(33)16-9-5-4-8-15(16)19(30-31)23(34)35/h1-12,20H,(H,29,32)(H,34,35)/t20-/m1/s1. The third kappa shape index (κ3) is 4.73. The summed E-state index contributed by atoms with van der Waals surface area (Å²) in [6.45, 7) is 0. The number of carbonyl (C=O) groups is 2. The van der Waals surface area contributed by atoms with Gasteiger partial charge in [-0.05, 0) is 29.8 Å². The van der Waals surface area contributed by atoms with Gasteiger partial charge >= 0.3 is 12.1 Å². The van der Waals surface area contributed by atoms with Crippen molar-refractivity contribution in [2.24, 2.45) is 0 Å². The molecule has 1 atom stereocenters. The number of carbonyl (C=O) groups excluding carboxylic acids is 1. The van der Waals surface area contributed by atoms with Crippen LogP contribution in [0.2, 0.25) is 5.02 Å². The summed E-state index contributed by atoms with van der Waals surface area (Å²) < 4.78 is 40.2. The molecule has 4 aromatic rings. The number of hydrogen-bond donors (Lipinski definition) is 2. The van der Waals surface area contributed by atoms with E-state index in [0.29, 0.717) is 10.7 Å². The minimum absolute atomic E-state index is 0.00531. The fraction of sp³-hybridized carbons (Fsp3) is 0.0833. The van der Waals surface area contributed by atoms with Crippen LogP contribution in [0.4, 0.5) is 18.9 Å². The lowest BCUT2D eigenvalue weighted by Gasteiger charge is -2.21. The Bertz CT molecular complexity index is 1500. The molecule has 4 rings (SSSR count). The molecule has 1 aromatic heterocycles. The lowest BCUT2D eigenvalue weighted by Crippen LogP contribution is -2.37. The first-order valence-electron chi connectivity index (χ1n) is 10.1. The molecule has 7 nitrogen and oxygen atoms in total. The van der Waals surface area contributed by atoms with Gasteiger partial charge in [0.25, 0.3) is 11.5 Å². The molecule has 0 aliphatic carbocycles. The summed E-state index contributed by atoms with van der Waals surface area (Å²) >= 11 is 6.02. The Labute approximate surface area is 200 Å². The van der Waals surface area contributed by atoms with E-state index in [2.05, 4.69) is 10.4 Å². The van der Waals surface area contributed by atoms with Crippen LogP contribution in [0, 0.1) is 0 Å². The molecule has 0 fully saturated rings. The minimum Gasteiger partial charge on any atom is -0.476 e. The highest BCUT2D eigenvalue weighted by molar-refractivity contribution is 6.33. The molecule has 0 aliphatic rings. The Morgan fingerprint density at radius 3 is 2.23 bits per heavy atom. The van der Waals surface area contributed by atoms with Gasteiger partial charge in [0.05, 0.1) is 21.7 Å². The summed E-state index contributed by atoms with van der Waals surface area (Å²) in [6, 6.07) is 14.6. The van der Waals surface area contributed by atoms with E-state index in [1.165, 1.54) is 36.4 Å². The van der Waals surface area contributed by atoms with E-state index in [4.69, 9.17) is 11.6 Å². The summed E-state index contributed by atoms with van der Waals surface area (Å²) in [5, 5.41) is 15.9. The molecule has 0 radical (unpaired) electrons. The maximum Gasteiger partial charge on any atom is 0.416 e. The molecular weight excluding hydrogens is 487 g/mol. The highest BCUT2D eigenvalue weighted by atomic mass is 35.5. The molecule has 35 heavy (non-hydrogen) atoms. The topological polar surface area (TPSA) is 101 Å². The number of fused-ring (bicyclic) bond motifs is 1. The Hall–Kier alpha value is -4.18. The van der Waals surface area contributed by atoms with Gasteiger partial charge in [0.15, 0.2) is 11.7 Å². The second-order valence-corrected chi connectivity index (χ2v) is 7.85. The van der Waals surface area contributed by atoms with Gasteiger partial charge in [-0.25, -0.2) is 9.48 Å². The summed E-state index contributed by atoms with van der Waals surface area (Å²) in [6.07, 6.45) is -4.68. The molecule has 0 bridgehead atoms. The zero-order valence-corrected chi connectivity index (χ0v) is 18.3. The van der Waals surface area contributed by atoms with Gasteiger partial charge in [0, 0.05) is 5.39 Å². The Morgan fingerprint density at radius 2 is 1.60 bits per heavy atom. The van der Waals surface area contributed by atoms with E-state index in [0.717, 1.165) is 12.1 Å². The first kappa shape index (κ1) is 24.0. The predicted octanol–water partition coefficient (Wildman–Crippen LogP) is 5.00. The van der Waals surface area contributed by atoms with Gasteiger partial charge in [-0.2, -0.15) is 18.3 Å². The molecule has 2 N–H and O–H groups in total. The third-order valence-electron chi connectivity index (χ3n) is 5.19. The van der Waals surface area contributed by atoms with Crippen molar-refractivity contribution in [2.75, 3.05) is 5.32 Å². The van der Waals surface area contributed by atoms with Gasteiger partial charge in [0.2, 0.25) is 0 Å². The van der Waals surface area contributed by atoms with Crippen LogP contribution >= 0.6 is 11.6 Å². The Kier molecular flexibility index (Phi) is 6.31. The van der Waals surface area contributed by atoms with E-state index in [9.17, 15) is 32.7 Å². The average Bonchev–Trinajstić information content (AvgIpc) is 2.82. The summed E-state index contributed by atoms with van der Waals surface area (Å²) in [5.41, 5.74) is -2.35. The number of anilines is 1. The Morgan fingerprint density at radius 1 is 0.971 bits per heavy atom. The van der Waals surface area contributed by atoms with Crippen LogP contribution in [-0.2, 0) is 11.0 Å². The van der Waals surface area contributed by atoms with Crippen molar-refractivity contribution in [3.63, 3.8) is 0 Å².